The normalized spacial score (nSPS) is 51.9. The summed E-state index contributed by atoms with van der Waals surface area (Å²) in [5.74, 6) is -6.70. The van der Waals surface area contributed by atoms with E-state index in [0.29, 0.717) is 6.42 Å². The van der Waals surface area contributed by atoms with Crippen LogP contribution in [0.15, 0.2) is 11.8 Å². The molecule has 7 aliphatic rings. The topological polar surface area (TPSA) is 175 Å². The lowest BCUT2D eigenvalue weighted by Gasteiger charge is -2.63. The van der Waals surface area contributed by atoms with Crippen LogP contribution in [0.4, 0.5) is 0 Å². The molecule has 17 atom stereocenters. The molecule has 2 aliphatic heterocycles. The number of carbonyl (C=O) groups excluding carboxylic acids is 5. The fourth-order valence-corrected chi connectivity index (χ4v) is 12.2. The molecular weight excluding hydrogens is 636 g/mol. The van der Waals surface area contributed by atoms with E-state index in [1.165, 1.54) is 20.8 Å². The Bertz CT molecular complexity index is 1530. The lowest BCUT2D eigenvalue weighted by atomic mass is 9.42. The molecule has 49 heavy (non-hydrogen) atoms. The van der Waals surface area contributed by atoms with Gasteiger partial charge in [-0.05, 0) is 56.4 Å². The highest BCUT2D eigenvalue weighted by molar-refractivity contribution is 5.88. The molecule has 2 saturated heterocycles. The van der Waals surface area contributed by atoms with Crippen molar-refractivity contribution in [3.63, 3.8) is 0 Å². The van der Waals surface area contributed by atoms with Crippen molar-refractivity contribution in [1.82, 2.24) is 0 Å². The Morgan fingerprint density at radius 2 is 1.61 bits per heavy atom. The van der Waals surface area contributed by atoms with Crippen LogP contribution in [-0.2, 0) is 47.7 Å². The van der Waals surface area contributed by atoms with Crippen molar-refractivity contribution in [1.29, 1.82) is 0 Å². The Kier molecular flexibility index (Phi) is 7.66. The standard InChI is InChI=1S/C37H50O12/c1-14(2)10-23(40)49-32-30-20(47-30)12-19-28(41)29(42)24-18(34(19,32)6)13-21(45-16(4)38)35(7)25-15(3)11-22-36(8,37(9,44)33(43)48-22)27(25)31(26(24)35)46-17(5)39/h11,14-15,18-21,24-27,29-32,42,44H,10,12-13H2,1-9H3/t15-,18?,19-,20+,21+,24-,25+,26-,27+,29-,30+,31-,32+,34-,35-,36+,37-/m1/s1. The summed E-state index contributed by atoms with van der Waals surface area (Å²) in [7, 11) is 0. The fourth-order valence-electron chi connectivity index (χ4n) is 12.2. The minimum Gasteiger partial charge on any atom is -0.462 e. The van der Waals surface area contributed by atoms with Gasteiger partial charge in [0.05, 0.1) is 11.5 Å². The quantitative estimate of drug-likeness (QED) is 0.246. The molecule has 0 radical (unpaired) electrons. The number of hydrogen-bond donors (Lipinski definition) is 2. The maximum atomic E-state index is 14.5. The van der Waals surface area contributed by atoms with Gasteiger partial charge in [0.2, 0.25) is 0 Å². The van der Waals surface area contributed by atoms with E-state index in [4.69, 9.17) is 23.7 Å². The number of Topliss-reactive ketones (excluding diaryl/α,β-unsaturated/α-hetero) is 1. The monoisotopic (exact) mass is 686 g/mol. The van der Waals surface area contributed by atoms with Crippen molar-refractivity contribution >= 4 is 29.7 Å². The lowest BCUT2D eigenvalue weighted by Crippen LogP contribution is -2.70. The molecule has 7 rings (SSSR count). The van der Waals surface area contributed by atoms with Crippen LogP contribution >= 0.6 is 0 Å². The number of ether oxygens (including phenoxy) is 5. The summed E-state index contributed by atoms with van der Waals surface area (Å²) in [6.45, 7) is 15.4. The molecule has 12 nitrogen and oxygen atoms in total. The molecule has 0 aromatic carbocycles. The number of esters is 4. The Balaban J connectivity index is 1.43. The Labute approximate surface area is 286 Å². The maximum Gasteiger partial charge on any atom is 0.343 e. The predicted octanol–water partition coefficient (Wildman–Crippen LogP) is 2.90. The SMILES string of the molecule is CC(=O)O[C@@H]1[C@H]2[C@H]3C(C[C@H](OC(C)=O)[C@]2(C)[C@@H]2[C@@H]1[C@]1(C)C(=C[C@H]2C)OC(=O)[C@@]1(C)O)[C@]1(C)[C@H](C[C@@H]2O[C@@H]2[C@@H]1OC(=O)CC(C)C)C(=O)[C@@H]3O. The number of aliphatic hydroxyl groups excluding tert-OH is 1. The Morgan fingerprint density at radius 3 is 2.22 bits per heavy atom. The van der Waals surface area contributed by atoms with Crippen LogP contribution in [0.1, 0.15) is 81.6 Å². The molecule has 0 spiro atoms. The van der Waals surface area contributed by atoms with Gasteiger partial charge in [-0.15, -0.1) is 0 Å². The Morgan fingerprint density at radius 1 is 0.959 bits per heavy atom. The predicted molar refractivity (Wildman–Crippen MR) is 169 cm³/mol. The lowest BCUT2D eigenvalue weighted by molar-refractivity contribution is -0.235. The summed E-state index contributed by atoms with van der Waals surface area (Å²) in [4.78, 5) is 66.9. The van der Waals surface area contributed by atoms with Crippen LogP contribution in [0, 0.1) is 63.6 Å². The zero-order chi connectivity index (χ0) is 35.9. The second kappa shape index (κ2) is 10.8. The van der Waals surface area contributed by atoms with Gasteiger partial charge in [-0.1, -0.05) is 34.6 Å². The first-order valence-corrected chi connectivity index (χ1v) is 17.8. The van der Waals surface area contributed by atoms with Gasteiger partial charge in [0.1, 0.15) is 36.3 Å². The summed E-state index contributed by atoms with van der Waals surface area (Å²) >= 11 is 0. The number of aliphatic hydroxyl groups is 2. The van der Waals surface area contributed by atoms with Crippen molar-refractivity contribution in [2.45, 2.75) is 124 Å². The van der Waals surface area contributed by atoms with E-state index in [1.807, 2.05) is 40.7 Å². The maximum absolute atomic E-state index is 14.5. The molecule has 5 aliphatic carbocycles. The van der Waals surface area contributed by atoms with Crippen LogP contribution in [0.25, 0.3) is 0 Å². The summed E-state index contributed by atoms with van der Waals surface area (Å²) in [5, 5.41) is 24.1. The number of allylic oxidation sites excluding steroid dienone is 1. The first-order valence-electron chi connectivity index (χ1n) is 17.8. The highest BCUT2D eigenvalue weighted by atomic mass is 16.6. The number of rotatable bonds is 5. The van der Waals surface area contributed by atoms with Gasteiger partial charge in [0.15, 0.2) is 11.4 Å². The van der Waals surface area contributed by atoms with E-state index in [-0.39, 0.29) is 42.3 Å². The molecule has 1 unspecified atom stereocenters. The zero-order valence-corrected chi connectivity index (χ0v) is 29.8. The van der Waals surface area contributed by atoms with E-state index in [2.05, 4.69) is 0 Å². The third kappa shape index (κ3) is 4.41. The Hall–Kier alpha value is -2.83. The summed E-state index contributed by atoms with van der Waals surface area (Å²) in [6, 6.07) is 0. The highest BCUT2D eigenvalue weighted by Crippen LogP contribution is 2.75. The summed E-state index contributed by atoms with van der Waals surface area (Å²) < 4.78 is 30.5. The van der Waals surface area contributed by atoms with Crippen molar-refractivity contribution in [2.24, 2.45) is 63.6 Å². The zero-order valence-electron chi connectivity index (χ0n) is 29.8. The van der Waals surface area contributed by atoms with Crippen molar-refractivity contribution in [3.8, 4) is 0 Å². The number of carbonyl (C=O) groups is 5. The molecule has 12 heteroatoms. The number of epoxide rings is 1. The number of fused-ring (bicyclic) bond motifs is 10. The number of ketones is 1. The molecule has 0 aromatic heterocycles. The van der Waals surface area contributed by atoms with Crippen molar-refractivity contribution in [3.05, 3.63) is 11.8 Å². The molecule has 2 N–H and O–H groups in total. The van der Waals surface area contributed by atoms with Crippen molar-refractivity contribution in [2.75, 3.05) is 0 Å². The molecule has 0 amide bonds. The third-order valence-corrected chi connectivity index (χ3v) is 14.3. The van der Waals surface area contributed by atoms with Gasteiger partial charge in [0.25, 0.3) is 0 Å². The van der Waals surface area contributed by atoms with Crippen LogP contribution in [-0.4, -0.2) is 82.1 Å². The average Bonchev–Trinajstić information content (AvgIpc) is 3.67. The van der Waals surface area contributed by atoms with Crippen molar-refractivity contribution < 1.29 is 57.9 Å². The smallest absolute Gasteiger partial charge is 0.343 e. The van der Waals surface area contributed by atoms with Crippen LogP contribution < -0.4 is 0 Å². The van der Waals surface area contributed by atoms with Gasteiger partial charge in [-0.3, -0.25) is 19.2 Å². The van der Waals surface area contributed by atoms with Gasteiger partial charge in [-0.25, -0.2) is 4.79 Å². The first-order chi connectivity index (χ1) is 22.7. The molecule has 2 heterocycles. The molecular formula is C37H50O12. The van der Waals surface area contributed by atoms with E-state index in [9.17, 15) is 34.2 Å². The third-order valence-electron chi connectivity index (χ3n) is 14.3. The summed E-state index contributed by atoms with van der Waals surface area (Å²) in [5.41, 5.74) is -5.39. The second-order valence-electron chi connectivity index (χ2n) is 17.2. The summed E-state index contributed by atoms with van der Waals surface area (Å²) in [6.07, 6.45) is -2.15. The van der Waals surface area contributed by atoms with Gasteiger partial charge < -0.3 is 33.9 Å². The van der Waals surface area contributed by atoms with E-state index in [0.717, 1.165) is 0 Å². The van der Waals surface area contributed by atoms with E-state index >= 15 is 0 Å². The minimum absolute atomic E-state index is 0.0405. The van der Waals surface area contributed by atoms with Gasteiger partial charge in [0, 0.05) is 54.8 Å². The minimum atomic E-state index is -2.00. The average molecular weight is 687 g/mol. The fraction of sp³-hybridized carbons (Fsp3) is 0.811. The second-order valence-corrected chi connectivity index (χ2v) is 17.2. The molecule has 4 saturated carbocycles. The van der Waals surface area contributed by atoms with Crippen LogP contribution in [0.3, 0.4) is 0 Å². The van der Waals surface area contributed by atoms with E-state index < -0.39 is 112 Å². The van der Waals surface area contributed by atoms with Gasteiger partial charge >= 0.3 is 23.9 Å². The first kappa shape index (κ1) is 34.6. The largest absolute Gasteiger partial charge is 0.462 e. The molecule has 0 aromatic rings. The van der Waals surface area contributed by atoms with Gasteiger partial charge in [-0.2, -0.15) is 0 Å². The molecule has 6 fully saturated rings. The highest BCUT2D eigenvalue weighted by Gasteiger charge is 2.81. The van der Waals surface area contributed by atoms with Crippen LogP contribution in [0.2, 0.25) is 0 Å². The van der Waals surface area contributed by atoms with E-state index in [1.54, 1.807) is 6.92 Å². The molecule has 270 valence electrons. The van der Waals surface area contributed by atoms with Crippen LogP contribution in [0.5, 0.6) is 0 Å². The number of hydrogen-bond acceptors (Lipinski definition) is 12. The molecule has 0 bridgehead atoms.